The Morgan fingerprint density at radius 3 is 2.50 bits per heavy atom. The molecule has 2 aromatic carbocycles. The first-order valence-corrected chi connectivity index (χ1v) is 7.86. The molecular formula is C18H18F2N2O2. The van der Waals surface area contributed by atoms with Gasteiger partial charge in [-0.1, -0.05) is 0 Å². The molecule has 0 aromatic heterocycles. The van der Waals surface area contributed by atoms with E-state index in [-0.39, 0.29) is 17.7 Å². The second kappa shape index (κ2) is 7.40. The van der Waals surface area contributed by atoms with Gasteiger partial charge in [0.2, 0.25) is 0 Å². The molecular weight excluding hydrogens is 314 g/mol. The van der Waals surface area contributed by atoms with E-state index in [1.807, 2.05) is 0 Å². The van der Waals surface area contributed by atoms with Crippen molar-refractivity contribution in [1.82, 2.24) is 10.6 Å². The Labute approximate surface area is 138 Å². The molecule has 1 atom stereocenters. The van der Waals surface area contributed by atoms with E-state index in [0.717, 1.165) is 38.1 Å². The van der Waals surface area contributed by atoms with Crippen molar-refractivity contribution < 1.29 is 18.3 Å². The number of hydrogen-bond donors (Lipinski definition) is 2. The molecule has 0 saturated carbocycles. The van der Waals surface area contributed by atoms with E-state index in [2.05, 4.69) is 10.6 Å². The Kier molecular flexibility index (Phi) is 5.05. The van der Waals surface area contributed by atoms with Crippen LogP contribution in [0, 0.1) is 11.6 Å². The van der Waals surface area contributed by atoms with E-state index < -0.39 is 11.6 Å². The number of ether oxygens (including phenoxy) is 1. The van der Waals surface area contributed by atoms with Crippen LogP contribution in [0.3, 0.4) is 0 Å². The summed E-state index contributed by atoms with van der Waals surface area (Å²) in [5.41, 5.74) is 0.526. The smallest absolute Gasteiger partial charge is 0.251 e. The van der Waals surface area contributed by atoms with E-state index in [1.54, 1.807) is 24.3 Å². The number of benzene rings is 2. The van der Waals surface area contributed by atoms with Crippen LogP contribution in [-0.4, -0.2) is 25.0 Å². The van der Waals surface area contributed by atoms with Crippen LogP contribution < -0.4 is 15.4 Å². The van der Waals surface area contributed by atoms with Crippen LogP contribution in [-0.2, 0) is 0 Å². The molecule has 4 nitrogen and oxygen atoms in total. The van der Waals surface area contributed by atoms with Crippen LogP contribution in [0.25, 0.3) is 0 Å². The van der Waals surface area contributed by atoms with Gasteiger partial charge in [0, 0.05) is 24.2 Å². The average molecular weight is 332 g/mol. The highest BCUT2D eigenvalue weighted by Gasteiger charge is 2.16. The van der Waals surface area contributed by atoms with Crippen molar-refractivity contribution >= 4 is 5.91 Å². The first-order valence-electron chi connectivity index (χ1n) is 7.86. The number of rotatable bonds is 4. The van der Waals surface area contributed by atoms with Crippen LogP contribution in [0.15, 0.2) is 42.5 Å². The SMILES string of the molecule is O=C(NC1CCCNC1)c1ccc(Oc2ccc(F)c(F)c2)cc1. The van der Waals surface area contributed by atoms with Crippen molar-refractivity contribution in [2.45, 2.75) is 18.9 Å². The van der Waals surface area contributed by atoms with Crippen molar-refractivity contribution in [2.75, 3.05) is 13.1 Å². The van der Waals surface area contributed by atoms with E-state index in [1.165, 1.54) is 6.07 Å². The van der Waals surface area contributed by atoms with E-state index >= 15 is 0 Å². The van der Waals surface area contributed by atoms with Gasteiger partial charge in [-0.2, -0.15) is 0 Å². The minimum absolute atomic E-state index is 0.136. The standard InChI is InChI=1S/C18H18F2N2O2/c19-16-8-7-15(10-17(16)20)24-14-5-3-12(4-6-14)18(23)22-13-2-1-9-21-11-13/h3-8,10,13,21H,1-2,9,11H2,(H,22,23). The van der Waals surface area contributed by atoms with E-state index in [4.69, 9.17) is 4.74 Å². The summed E-state index contributed by atoms with van der Waals surface area (Å²) in [6.45, 7) is 1.77. The fourth-order valence-electron chi connectivity index (χ4n) is 2.59. The number of hydrogen-bond acceptors (Lipinski definition) is 3. The molecule has 0 radical (unpaired) electrons. The largest absolute Gasteiger partial charge is 0.457 e. The molecule has 1 fully saturated rings. The maximum atomic E-state index is 13.2. The molecule has 2 N–H and O–H groups in total. The number of carbonyl (C=O) groups is 1. The summed E-state index contributed by atoms with van der Waals surface area (Å²) in [5, 5.41) is 6.23. The number of halogens is 2. The third-order valence-electron chi connectivity index (χ3n) is 3.88. The highest BCUT2D eigenvalue weighted by molar-refractivity contribution is 5.94. The van der Waals surface area contributed by atoms with Gasteiger partial charge in [0.05, 0.1) is 0 Å². The molecule has 1 saturated heterocycles. The van der Waals surface area contributed by atoms with Crippen LogP contribution in [0.4, 0.5) is 8.78 Å². The summed E-state index contributed by atoms with van der Waals surface area (Å²) in [6.07, 6.45) is 2.02. The molecule has 0 aliphatic carbocycles. The normalized spacial score (nSPS) is 17.3. The Balaban J connectivity index is 1.61. The van der Waals surface area contributed by atoms with Crippen LogP contribution in [0.2, 0.25) is 0 Å². The lowest BCUT2D eigenvalue weighted by Crippen LogP contribution is -2.45. The quantitative estimate of drug-likeness (QED) is 0.904. The van der Waals surface area contributed by atoms with Gasteiger partial charge in [0.1, 0.15) is 11.5 Å². The van der Waals surface area contributed by atoms with Crippen molar-refractivity contribution in [1.29, 1.82) is 0 Å². The van der Waals surface area contributed by atoms with Crippen LogP contribution >= 0.6 is 0 Å². The Hall–Kier alpha value is -2.47. The molecule has 3 rings (SSSR count). The number of piperidine rings is 1. The Morgan fingerprint density at radius 2 is 1.83 bits per heavy atom. The fourth-order valence-corrected chi connectivity index (χ4v) is 2.59. The van der Waals surface area contributed by atoms with Gasteiger partial charge in [0.15, 0.2) is 11.6 Å². The third-order valence-corrected chi connectivity index (χ3v) is 3.88. The molecule has 126 valence electrons. The lowest BCUT2D eigenvalue weighted by atomic mass is 10.1. The molecule has 1 aliphatic heterocycles. The Morgan fingerprint density at radius 1 is 1.08 bits per heavy atom. The third kappa shape index (κ3) is 4.08. The minimum Gasteiger partial charge on any atom is -0.457 e. The monoisotopic (exact) mass is 332 g/mol. The summed E-state index contributed by atoms with van der Waals surface area (Å²) in [5.74, 6) is -1.39. The summed E-state index contributed by atoms with van der Waals surface area (Å²) in [6, 6.07) is 9.99. The van der Waals surface area contributed by atoms with Gasteiger partial charge in [-0.3, -0.25) is 4.79 Å². The molecule has 1 amide bonds. The van der Waals surface area contributed by atoms with E-state index in [0.29, 0.717) is 11.3 Å². The summed E-state index contributed by atoms with van der Waals surface area (Å²) < 4.78 is 31.5. The molecule has 1 aliphatic rings. The summed E-state index contributed by atoms with van der Waals surface area (Å²) in [7, 11) is 0. The molecule has 1 unspecified atom stereocenters. The van der Waals surface area contributed by atoms with Crippen molar-refractivity contribution in [3.8, 4) is 11.5 Å². The maximum absolute atomic E-state index is 13.2. The zero-order valence-electron chi connectivity index (χ0n) is 13.0. The minimum atomic E-state index is -0.968. The van der Waals surface area contributed by atoms with Crippen LogP contribution in [0.1, 0.15) is 23.2 Å². The first-order chi connectivity index (χ1) is 11.6. The summed E-state index contributed by atoms with van der Waals surface area (Å²) >= 11 is 0. The number of nitrogens with one attached hydrogen (secondary N) is 2. The summed E-state index contributed by atoms with van der Waals surface area (Å²) in [4.78, 5) is 12.2. The lowest BCUT2D eigenvalue weighted by Gasteiger charge is -2.23. The molecule has 2 aromatic rings. The van der Waals surface area contributed by atoms with Gasteiger partial charge in [-0.25, -0.2) is 8.78 Å². The molecule has 0 spiro atoms. The van der Waals surface area contributed by atoms with Crippen molar-refractivity contribution in [2.24, 2.45) is 0 Å². The predicted molar refractivity (Wildman–Crippen MR) is 86.2 cm³/mol. The van der Waals surface area contributed by atoms with Gasteiger partial charge in [0.25, 0.3) is 5.91 Å². The second-order valence-electron chi connectivity index (χ2n) is 5.72. The Bertz CT molecular complexity index is 713. The highest BCUT2D eigenvalue weighted by Crippen LogP contribution is 2.23. The zero-order valence-corrected chi connectivity index (χ0v) is 13.0. The van der Waals surface area contributed by atoms with Gasteiger partial charge < -0.3 is 15.4 Å². The highest BCUT2D eigenvalue weighted by atomic mass is 19.2. The van der Waals surface area contributed by atoms with Gasteiger partial charge in [-0.05, 0) is 55.8 Å². The number of amides is 1. The molecule has 24 heavy (non-hydrogen) atoms. The lowest BCUT2D eigenvalue weighted by molar-refractivity contribution is 0.0930. The zero-order chi connectivity index (χ0) is 16.9. The fraction of sp³-hybridized carbons (Fsp3) is 0.278. The van der Waals surface area contributed by atoms with Crippen LogP contribution in [0.5, 0.6) is 11.5 Å². The van der Waals surface area contributed by atoms with E-state index in [9.17, 15) is 13.6 Å². The second-order valence-corrected chi connectivity index (χ2v) is 5.72. The molecule has 6 heteroatoms. The predicted octanol–water partition coefficient (Wildman–Crippen LogP) is 3.24. The molecule has 1 heterocycles. The maximum Gasteiger partial charge on any atom is 0.251 e. The first kappa shape index (κ1) is 16.4. The van der Waals surface area contributed by atoms with Crippen molar-refractivity contribution in [3.63, 3.8) is 0 Å². The topological polar surface area (TPSA) is 50.4 Å². The van der Waals surface area contributed by atoms with Gasteiger partial charge in [-0.15, -0.1) is 0 Å². The van der Waals surface area contributed by atoms with Gasteiger partial charge >= 0.3 is 0 Å². The molecule has 0 bridgehead atoms. The average Bonchev–Trinajstić information content (AvgIpc) is 2.60. The number of carbonyl (C=O) groups excluding carboxylic acids is 1. The van der Waals surface area contributed by atoms with Crippen molar-refractivity contribution in [3.05, 3.63) is 59.7 Å².